The van der Waals surface area contributed by atoms with E-state index in [0.29, 0.717) is 33.7 Å². The Morgan fingerprint density at radius 2 is 1.87 bits per heavy atom. The van der Waals surface area contributed by atoms with Crippen molar-refractivity contribution in [1.82, 2.24) is 9.88 Å². The van der Waals surface area contributed by atoms with E-state index in [1.807, 2.05) is 32.3 Å². The van der Waals surface area contributed by atoms with Crippen LogP contribution in [0, 0.1) is 0 Å². The summed E-state index contributed by atoms with van der Waals surface area (Å²) in [5.74, 6) is 1.59. The zero-order valence-electron chi connectivity index (χ0n) is 16.9. The summed E-state index contributed by atoms with van der Waals surface area (Å²) in [7, 11) is 3.98. The molecule has 0 aliphatic heterocycles. The molecule has 1 amide bonds. The number of hydrogen-bond donors (Lipinski definition) is 2. The third-order valence-corrected chi connectivity index (χ3v) is 4.32. The molecule has 1 heterocycles. The lowest BCUT2D eigenvalue weighted by Crippen LogP contribution is -2.13. The van der Waals surface area contributed by atoms with E-state index in [9.17, 15) is 4.79 Å². The minimum absolute atomic E-state index is 0.284. The second-order valence-corrected chi connectivity index (χ2v) is 7.31. The highest BCUT2D eigenvalue weighted by Gasteiger charge is 2.09. The minimum atomic E-state index is -0.284. The molecule has 0 radical (unpaired) electrons. The van der Waals surface area contributed by atoms with Crippen molar-refractivity contribution in [2.75, 3.05) is 24.7 Å². The molecule has 6 nitrogen and oxygen atoms in total. The quantitative estimate of drug-likeness (QED) is 0.472. The van der Waals surface area contributed by atoms with Gasteiger partial charge < -0.3 is 20.3 Å². The number of carbonyl (C=O) groups excluding carboxylic acids is 1. The fraction of sp³-hybridized carbons (Fsp3) is 0.130. The molecule has 30 heavy (non-hydrogen) atoms. The van der Waals surface area contributed by atoms with Crippen molar-refractivity contribution in [3.63, 3.8) is 0 Å². The zero-order chi connectivity index (χ0) is 21.5. The summed E-state index contributed by atoms with van der Waals surface area (Å²) in [5, 5.41) is 6.73. The number of nitrogens with zero attached hydrogens (tertiary/aromatic N) is 2. The Hall–Kier alpha value is -3.35. The van der Waals surface area contributed by atoms with Gasteiger partial charge in [0.2, 0.25) is 5.91 Å². The number of benzene rings is 2. The van der Waals surface area contributed by atoms with E-state index >= 15 is 0 Å². The molecule has 1 aromatic heterocycles. The van der Waals surface area contributed by atoms with Crippen molar-refractivity contribution < 1.29 is 9.53 Å². The van der Waals surface area contributed by atoms with Crippen molar-refractivity contribution in [2.45, 2.75) is 6.54 Å². The standard InChI is InChI=1S/C23H23ClN4O2/c1-4-23(29)27-21-13-16(15-28(2)3)5-10-20(21)26-22-14-19(11-12-25-22)30-18-8-6-17(24)7-9-18/h4-14H,1,15H2,2-3H3,(H,25,26)(H,27,29). The van der Waals surface area contributed by atoms with Crippen LogP contribution in [-0.2, 0) is 11.3 Å². The molecule has 7 heteroatoms. The van der Waals surface area contributed by atoms with Crippen molar-refractivity contribution in [1.29, 1.82) is 0 Å². The van der Waals surface area contributed by atoms with E-state index < -0.39 is 0 Å². The Morgan fingerprint density at radius 3 is 2.57 bits per heavy atom. The maximum atomic E-state index is 11.9. The number of nitrogens with one attached hydrogen (secondary N) is 2. The Bertz CT molecular complexity index is 1040. The molecule has 154 valence electrons. The van der Waals surface area contributed by atoms with E-state index in [-0.39, 0.29) is 5.91 Å². The predicted molar refractivity (Wildman–Crippen MR) is 122 cm³/mol. The summed E-state index contributed by atoms with van der Waals surface area (Å²) in [4.78, 5) is 18.3. The van der Waals surface area contributed by atoms with Gasteiger partial charge in [-0.15, -0.1) is 0 Å². The summed E-state index contributed by atoms with van der Waals surface area (Å²) < 4.78 is 5.86. The van der Waals surface area contributed by atoms with Gasteiger partial charge in [-0.1, -0.05) is 24.2 Å². The van der Waals surface area contributed by atoms with E-state index in [1.165, 1.54) is 6.08 Å². The largest absolute Gasteiger partial charge is 0.457 e. The van der Waals surface area contributed by atoms with Crippen LogP contribution in [-0.4, -0.2) is 29.9 Å². The lowest BCUT2D eigenvalue weighted by atomic mass is 10.1. The van der Waals surface area contributed by atoms with Gasteiger partial charge in [0.15, 0.2) is 0 Å². The second kappa shape index (κ2) is 9.91. The third kappa shape index (κ3) is 6.07. The fourth-order valence-electron chi connectivity index (χ4n) is 2.77. The van der Waals surface area contributed by atoms with E-state index in [1.54, 1.807) is 42.6 Å². The summed E-state index contributed by atoms with van der Waals surface area (Å²) in [6.07, 6.45) is 2.89. The van der Waals surface area contributed by atoms with Gasteiger partial charge in [0, 0.05) is 23.8 Å². The molecule has 0 saturated carbocycles. The maximum absolute atomic E-state index is 11.9. The van der Waals surface area contributed by atoms with Gasteiger partial charge in [-0.3, -0.25) is 4.79 Å². The van der Waals surface area contributed by atoms with Crippen LogP contribution >= 0.6 is 11.6 Å². The summed E-state index contributed by atoms with van der Waals surface area (Å²) >= 11 is 5.92. The van der Waals surface area contributed by atoms with Gasteiger partial charge in [0.1, 0.15) is 17.3 Å². The first-order valence-corrected chi connectivity index (χ1v) is 9.68. The zero-order valence-corrected chi connectivity index (χ0v) is 17.6. The topological polar surface area (TPSA) is 66.5 Å². The molecule has 0 bridgehead atoms. The van der Waals surface area contributed by atoms with Crippen LogP contribution < -0.4 is 15.4 Å². The number of ether oxygens (including phenoxy) is 1. The second-order valence-electron chi connectivity index (χ2n) is 6.87. The van der Waals surface area contributed by atoms with Crippen LogP contribution in [0.2, 0.25) is 5.02 Å². The molecule has 0 fully saturated rings. The minimum Gasteiger partial charge on any atom is -0.457 e. The Balaban J connectivity index is 1.82. The molecule has 2 N–H and O–H groups in total. The van der Waals surface area contributed by atoms with Crippen molar-refractivity contribution in [3.05, 3.63) is 84.0 Å². The van der Waals surface area contributed by atoms with Crippen LogP contribution in [0.25, 0.3) is 0 Å². The number of carbonyl (C=O) groups is 1. The smallest absolute Gasteiger partial charge is 0.247 e. The van der Waals surface area contributed by atoms with E-state index in [4.69, 9.17) is 16.3 Å². The van der Waals surface area contributed by atoms with Crippen LogP contribution in [0.3, 0.4) is 0 Å². The van der Waals surface area contributed by atoms with Gasteiger partial charge in [0.25, 0.3) is 0 Å². The number of hydrogen-bond acceptors (Lipinski definition) is 5. The molecule has 0 aliphatic rings. The average Bonchev–Trinajstić information content (AvgIpc) is 2.71. The first-order valence-electron chi connectivity index (χ1n) is 9.30. The predicted octanol–water partition coefficient (Wildman–Crippen LogP) is 5.46. The van der Waals surface area contributed by atoms with Crippen molar-refractivity contribution in [2.24, 2.45) is 0 Å². The van der Waals surface area contributed by atoms with Crippen LogP contribution in [0.5, 0.6) is 11.5 Å². The van der Waals surface area contributed by atoms with E-state index in [0.717, 1.165) is 12.1 Å². The van der Waals surface area contributed by atoms with Crippen LogP contribution in [0.15, 0.2) is 73.4 Å². The van der Waals surface area contributed by atoms with Gasteiger partial charge in [0.05, 0.1) is 11.4 Å². The molecule has 0 unspecified atom stereocenters. The molecular formula is C23H23ClN4O2. The maximum Gasteiger partial charge on any atom is 0.247 e. The highest BCUT2D eigenvalue weighted by molar-refractivity contribution is 6.30. The number of halogens is 1. The molecule has 3 rings (SSSR count). The number of rotatable bonds is 8. The molecule has 0 saturated heterocycles. The Labute approximate surface area is 181 Å². The van der Waals surface area contributed by atoms with Crippen LogP contribution in [0.1, 0.15) is 5.56 Å². The molecule has 0 aliphatic carbocycles. The highest BCUT2D eigenvalue weighted by Crippen LogP contribution is 2.29. The molecular weight excluding hydrogens is 400 g/mol. The SMILES string of the molecule is C=CC(=O)Nc1cc(CN(C)C)ccc1Nc1cc(Oc2ccc(Cl)cc2)ccn1. The van der Waals surface area contributed by atoms with Gasteiger partial charge in [-0.2, -0.15) is 0 Å². The molecule has 0 atom stereocenters. The van der Waals surface area contributed by atoms with Crippen LogP contribution in [0.4, 0.5) is 17.2 Å². The third-order valence-electron chi connectivity index (χ3n) is 4.07. The van der Waals surface area contributed by atoms with E-state index in [2.05, 4.69) is 27.1 Å². The van der Waals surface area contributed by atoms with Gasteiger partial charge in [-0.25, -0.2) is 4.98 Å². The van der Waals surface area contributed by atoms with Gasteiger partial charge >= 0.3 is 0 Å². The Kier molecular flexibility index (Phi) is 7.06. The number of amides is 1. The molecule has 3 aromatic rings. The van der Waals surface area contributed by atoms with Gasteiger partial charge in [-0.05, 0) is 68.2 Å². The van der Waals surface area contributed by atoms with Crippen molar-refractivity contribution in [3.8, 4) is 11.5 Å². The number of pyridine rings is 1. The first-order chi connectivity index (χ1) is 14.4. The summed E-state index contributed by atoms with van der Waals surface area (Å²) in [5.41, 5.74) is 2.42. The molecule has 0 spiro atoms. The Morgan fingerprint density at radius 1 is 1.10 bits per heavy atom. The number of aromatic nitrogens is 1. The summed E-state index contributed by atoms with van der Waals surface area (Å²) in [6.45, 7) is 4.27. The first kappa shape index (κ1) is 21.4. The highest BCUT2D eigenvalue weighted by atomic mass is 35.5. The lowest BCUT2D eigenvalue weighted by molar-refractivity contribution is -0.111. The average molecular weight is 423 g/mol. The summed E-state index contributed by atoms with van der Waals surface area (Å²) in [6, 6.07) is 16.5. The molecule has 2 aromatic carbocycles. The van der Waals surface area contributed by atoms with Crippen molar-refractivity contribution >= 4 is 34.7 Å². The number of anilines is 3. The normalized spacial score (nSPS) is 10.5. The monoisotopic (exact) mass is 422 g/mol. The lowest BCUT2D eigenvalue weighted by Gasteiger charge is -2.16. The fourth-order valence-corrected chi connectivity index (χ4v) is 2.90.